The highest BCUT2D eigenvalue weighted by molar-refractivity contribution is 5.87. The molecule has 0 aromatic carbocycles. The predicted molar refractivity (Wildman–Crippen MR) is 102 cm³/mol. The summed E-state index contributed by atoms with van der Waals surface area (Å²) in [6.07, 6.45) is 5.18. The van der Waals surface area contributed by atoms with Gasteiger partial charge in [-0.15, -0.1) is 0 Å². The number of carboxylic acids is 2. The van der Waals surface area contributed by atoms with Crippen molar-refractivity contribution < 1.29 is 29.4 Å². The van der Waals surface area contributed by atoms with E-state index in [4.69, 9.17) is 0 Å². The highest BCUT2D eigenvalue weighted by Crippen LogP contribution is 2.53. The first kappa shape index (κ1) is 20.2. The van der Waals surface area contributed by atoms with Crippen molar-refractivity contribution in [1.29, 1.82) is 0 Å². The number of nitrogens with one attached hydrogen (secondary N) is 2. The summed E-state index contributed by atoms with van der Waals surface area (Å²) in [6.45, 7) is 1.99. The first-order valence-electron chi connectivity index (χ1n) is 10.8. The quantitative estimate of drug-likeness (QED) is 0.500. The van der Waals surface area contributed by atoms with Gasteiger partial charge in [-0.3, -0.25) is 19.2 Å². The number of carbonyl (C=O) groups excluding carboxylic acids is 2. The van der Waals surface area contributed by atoms with Crippen LogP contribution in [0, 0.1) is 47.3 Å². The summed E-state index contributed by atoms with van der Waals surface area (Å²) in [5.74, 6) is -4.02. The Morgan fingerprint density at radius 1 is 0.759 bits per heavy atom. The minimum absolute atomic E-state index is 0.0917. The van der Waals surface area contributed by atoms with Crippen molar-refractivity contribution in [2.24, 2.45) is 47.3 Å². The van der Waals surface area contributed by atoms with E-state index in [1.54, 1.807) is 6.92 Å². The van der Waals surface area contributed by atoms with Crippen LogP contribution >= 0.6 is 0 Å². The summed E-state index contributed by atoms with van der Waals surface area (Å²) in [6, 6.07) is -0.345. The number of hydrogen-bond acceptors (Lipinski definition) is 4. The molecule has 0 radical (unpaired) electrons. The van der Waals surface area contributed by atoms with Crippen LogP contribution in [0.2, 0.25) is 0 Å². The molecule has 4 saturated carbocycles. The lowest BCUT2D eigenvalue weighted by Crippen LogP contribution is -2.49. The smallest absolute Gasteiger partial charge is 0.307 e. The van der Waals surface area contributed by atoms with Gasteiger partial charge < -0.3 is 20.8 Å². The van der Waals surface area contributed by atoms with Gasteiger partial charge in [-0.2, -0.15) is 0 Å². The van der Waals surface area contributed by atoms with Crippen LogP contribution in [0.3, 0.4) is 0 Å². The van der Waals surface area contributed by atoms with Crippen molar-refractivity contribution >= 4 is 23.8 Å². The second-order valence-corrected chi connectivity index (χ2v) is 9.60. The second-order valence-electron chi connectivity index (χ2n) is 9.60. The normalized spacial score (nSPS) is 40.6. The third-order valence-electron chi connectivity index (χ3n) is 7.98. The van der Waals surface area contributed by atoms with E-state index in [2.05, 4.69) is 10.6 Å². The number of fused-ring (bicyclic) bond motifs is 4. The van der Waals surface area contributed by atoms with Gasteiger partial charge in [0.15, 0.2) is 0 Å². The van der Waals surface area contributed by atoms with E-state index >= 15 is 0 Å². The van der Waals surface area contributed by atoms with E-state index < -0.39 is 35.6 Å². The average Bonchev–Trinajstić information content (AvgIpc) is 3.44. The zero-order chi connectivity index (χ0) is 20.9. The second kappa shape index (κ2) is 7.61. The molecule has 4 aliphatic carbocycles. The van der Waals surface area contributed by atoms with Crippen molar-refractivity contribution in [1.82, 2.24) is 10.6 Å². The highest BCUT2D eigenvalue weighted by atomic mass is 16.4. The van der Waals surface area contributed by atoms with Crippen molar-refractivity contribution in [3.8, 4) is 0 Å². The molecule has 160 valence electrons. The number of amides is 2. The monoisotopic (exact) mass is 406 g/mol. The van der Waals surface area contributed by atoms with Gasteiger partial charge in [-0.05, 0) is 69.1 Å². The molecule has 0 aliphatic heterocycles. The van der Waals surface area contributed by atoms with E-state index in [9.17, 15) is 29.4 Å². The van der Waals surface area contributed by atoms with E-state index in [1.165, 1.54) is 0 Å². The van der Waals surface area contributed by atoms with Gasteiger partial charge >= 0.3 is 11.9 Å². The molecule has 29 heavy (non-hydrogen) atoms. The molecule has 8 nitrogen and oxygen atoms in total. The Morgan fingerprint density at radius 2 is 1.17 bits per heavy atom. The molecule has 8 heteroatoms. The molecule has 0 heterocycles. The van der Waals surface area contributed by atoms with Crippen molar-refractivity contribution in [3.05, 3.63) is 0 Å². The number of hydrogen-bond donors (Lipinski definition) is 4. The molecule has 0 aromatic heterocycles. The minimum Gasteiger partial charge on any atom is -0.481 e. The lowest BCUT2D eigenvalue weighted by molar-refractivity contribution is -0.150. The summed E-state index contributed by atoms with van der Waals surface area (Å²) >= 11 is 0. The molecule has 9 atom stereocenters. The molecule has 0 spiro atoms. The Balaban J connectivity index is 1.30. The van der Waals surface area contributed by atoms with Crippen LogP contribution in [0.5, 0.6) is 0 Å². The van der Waals surface area contributed by atoms with Gasteiger partial charge in [0.1, 0.15) is 0 Å². The van der Waals surface area contributed by atoms with Crippen molar-refractivity contribution in [2.75, 3.05) is 6.54 Å². The van der Waals surface area contributed by atoms with Crippen LogP contribution in [0.1, 0.15) is 45.4 Å². The fraction of sp³-hybridized carbons (Fsp3) is 0.810. The molecule has 4 fully saturated rings. The fourth-order valence-electron chi connectivity index (χ4n) is 6.81. The maximum absolute atomic E-state index is 12.7. The van der Waals surface area contributed by atoms with Crippen LogP contribution in [0.4, 0.5) is 0 Å². The lowest BCUT2D eigenvalue weighted by Gasteiger charge is -2.29. The Hall–Kier alpha value is -2.12. The molecule has 0 aromatic rings. The van der Waals surface area contributed by atoms with E-state index in [-0.39, 0.29) is 48.1 Å². The molecular formula is C21H30N2O6. The summed E-state index contributed by atoms with van der Waals surface area (Å²) in [5, 5.41) is 24.7. The third-order valence-corrected chi connectivity index (χ3v) is 7.98. The number of rotatable bonds is 7. The molecule has 4 bridgehead atoms. The van der Waals surface area contributed by atoms with Gasteiger partial charge in [-0.25, -0.2) is 0 Å². The minimum atomic E-state index is -0.894. The zero-order valence-electron chi connectivity index (χ0n) is 16.7. The van der Waals surface area contributed by atoms with Crippen molar-refractivity contribution in [3.63, 3.8) is 0 Å². The number of carbonyl (C=O) groups is 4. The van der Waals surface area contributed by atoms with E-state index in [0.717, 1.165) is 38.5 Å². The van der Waals surface area contributed by atoms with E-state index in [1.807, 2.05) is 0 Å². The van der Waals surface area contributed by atoms with Crippen LogP contribution in [0.15, 0.2) is 0 Å². The molecule has 0 unspecified atom stereocenters. The van der Waals surface area contributed by atoms with Gasteiger partial charge in [-0.1, -0.05) is 0 Å². The molecular weight excluding hydrogens is 376 g/mol. The van der Waals surface area contributed by atoms with Crippen LogP contribution < -0.4 is 10.6 Å². The zero-order valence-corrected chi connectivity index (χ0v) is 16.7. The maximum atomic E-state index is 12.7. The summed E-state index contributed by atoms with van der Waals surface area (Å²) in [5.41, 5.74) is 0. The summed E-state index contributed by atoms with van der Waals surface area (Å²) < 4.78 is 0. The SMILES string of the molecule is C[C@@H](CNC(=O)[C@H]1[C@H]2CC[C@@H](C2)[C@@H]1C(=O)O)NC(=O)[C@@H]1[C@H]2CC[C@@H](C2)[C@@H]1C(=O)O. The lowest BCUT2D eigenvalue weighted by atomic mass is 9.78. The predicted octanol–water partition coefficient (Wildman–Crippen LogP) is 1.10. The maximum Gasteiger partial charge on any atom is 0.307 e. The Morgan fingerprint density at radius 3 is 1.62 bits per heavy atom. The molecule has 4 aliphatic rings. The largest absolute Gasteiger partial charge is 0.481 e. The Bertz CT molecular complexity index is 724. The summed E-state index contributed by atoms with van der Waals surface area (Å²) in [7, 11) is 0. The molecule has 0 saturated heterocycles. The van der Waals surface area contributed by atoms with E-state index in [0.29, 0.717) is 0 Å². The topological polar surface area (TPSA) is 133 Å². The van der Waals surface area contributed by atoms with Crippen LogP contribution in [-0.4, -0.2) is 46.6 Å². The highest BCUT2D eigenvalue weighted by Gasteiger charge is 2.55. The first-order valence-corrected chi connectivity index (χ1v) is 10.8. The third kappa shape index (κ3) is 3.51. The van der Waals surface area contributed by atoms with Crippen molar-refractivity contribution in [2.45, 2.75) is 51.5 Å². The van der Waals surface area contributed by atoms with Gasteiger partial charge in [0.2, 0.25) is 11.8 Å². The molecule has 2 amide bonds. The Kier molecular flexibility index (Phi) is 5.29. The fourth-order valence-corrected chi connectivity index (χ4v) is 6.81. The van der Waals surface area contributed by atoms with Gasteiger partial charge in [0.05, 0.1) is 23.7 Å². The van der Waals surface area contributed by atoms with Gasteiger partial charge in [0.25, 0.3) is 0 Å². The summed E-state index contributed by atoms with van der Waals surface area (Å²) in [4.78, 5) is 48.6. The molecule has 4 rings (SSSR count). The van der Waals surface area contributed by atoms with Crippen LogP contribution in [-0.2, 0) is 19.2 Å². The Labute approximate surface area is 169 Å². The average molecular weight is 406 g/mol. The number of aliphatic carboxylic acids is 2. The van der Waals surface area contributed by atoms with Crippen LogP contribution in [0.25, 0.3) is 0 Å². The number of carboxylic acid groups (broad SMARTS) is 2. The standard InChI is InChI=1S/C21H30N2O6/c1-9(23-19(25)15-11-3-5-13(7-11)17(15)21(28)29)8-22-18(24)14-10-2-4-12(6-10)16(14)20(26)27/h9-17H,2-8H2,1H3,(H,22,24)(H,23,25)(H,26,27)(H,28,29)/t9-,10-,11-,12-,13-,14-,15+,16-,17-/m0/s1. The first-order chi connectivity index (χ1) is 13.8. The molecule has 4 N–H and O–H groups in total. The van der Waals surface area contributed by atoms with Gasteiger partial charge in [0, 0.05) is 12.6 Å².